The summed E-state index contributed by atoms with van der Waals surface area (Å²) < 4.78 is 33.4. The quantitative estimate of drug-likeness (QED) is 0.806. The van der Waals surface area contributed by atoms with Crippen LogP contribution in [-0.4, -0.2) is 44.4 Å². The first kappa shape index (κ1) is 19.2. The van der Waals surface area contributed by atoms with Crippen molar-refractivity contribution in [3.63, 3.8) is 0 Å². The molecule has 0 spiro atoms. The fraction of sp³-hybridized carbons (Fsp3) is 0.350. The standard InChI is InChI=1S/C20H21ClN2O4S/c1-27-18-8-7-15(21)11-19(18)28(25,26)23-12-13-9-16(17(23)10-13)22-20(24)14-5-3-2-4-6-14/h2-8,11,13,16-17H,9-10,12H2,1H3,(H,22,24). The SMILES string of the molecule is COc1ccc(Cl)cc1S(=O)(=O)N1CC2CC(NC(=O)c3ccccc3)C1C2. The van der Waals surface area contributed by atoms with Gasteiger partial charge in [-0.15, -0.1) is 0 Å². The van der Waals surface area contributed by atoms with Gasteiger partial charge in [-0.2, -0.15) is 4.31 Å². The van der Waals surface area contributed by atoms with E-state index in [4.69, 9.17) is 16.3 Å². The van der Waals surface area contributed by atoms with E-state index in [1.807, 2.05) is 6.07 Å². The third-order valence-electron chi connectivity index (χ3n) is 5.50. The summed E-state index contributed by atoms with van der Waals surface area (Å²) in [7, 11) is -2.36. The lowest BCUT2D eigenvalue weighted by Gasteiger charge is -2.33. The monoisotopic (exact) mass is 420 g/mol. The number of ether oxygens (including phenoxy) is 1. The van der Waals surface area contributed by atoms with Gasteiger partial charge in [0.15, 0.2) is 0 Å². The number of rotatable bonds is 5. The topological polar surface area (TPSA) is 75.7 Å². The number of hydrogen-bond donors (Lipinski definition) is 1. The second-order valence-electron chi connectivity index (χ2n) is 7.22. The van der Waals surface area contributed by atoms with E-state index in [2.05, 4.69) is 5.32 Å². The van der Waals surface area contributed by atoms with E-state index in [0.717, 1.165) is 12.8 Å². The molecule has 1 saturated heterocycles. The van der Waals surface area contributed by atoms with Crippen molar-refractivity contribution < 1.29 is 17.9 Å². The number of fused-ring (bicyclic) bond motifs is 2. The summed E-state index contributed by atoms with van der Waals surface area (Å²) in [4.78, 5) is 12.6. The van der Waals surface area contributed by atoms with Crippen molar-refractivity contribution >= 4 is 27.5 Å². The van der Waals surface area contributed by atoms with Crippen molar-refractivity contribution in [1.82, 2.24) is 9.62 Å². The Labute approximate surface area is 169 Å². The van der Waals surface area contributed by atoms with Crippen molar-refractivity contribution in [2.75, 3.05) is 13.7 Å². The maximum Gasteiger partial charge on any atom is 0.251 e. The van der Waals surface area contributed by atoms with E-state index in [0.29, 0.717) is 17.1 Å². The van der Waals surface area contributed by atoms with Crippen molar-refractivity contribution in [1.29, 1.82) is 0 Å². The molecule has 1 heterocycles. The van der Waals surface area contributed by atoms with Crippen LogP contribution in [0.2, 0.25) is 5.02 Å². The molecule has 2 fully saturated rings. The molecule has 1 N–H and O–H groups in total. The van der Waals surface area contributed by atoms with Crippen LogP contribution in [0.4, 0.5) is 0 Å². The minimum absolute atomic E-state index is 0.0585. The molecule has 3 unspecified atom stereocenters. The van der Waals surface area contributed by atoms with Crippen molar-refractivity contribution in [2.45, 2.75) is 29.8 Å². The van der Waals surface area contributed by atoms with Gasteiger partial charge < -0.3 is 10.1 Å². The number of piperidine rings is 1. The van der Waals surface area contributed by atoms with E-state index in [9.17, 15) is 13.2 Å². The van der Waals surface area contributed by atoms with Gasteiger partial charge in [-0.05, 0) is 49.1 Å². The predicted octanol–water partition coefficient (Wildman–Crippen LogP) is 2.93. The lowest BCUT2D eigenvalue weighted by Crippen LogP contribution is -2.51. The average molecular weight is 421 g/mol. The largest absolute Gasteiger partial charge is 0.495 e. The highest BCUT2D eigenvalue weighted by molar-refractivity contribution is 7.89. The Balaban J connectivity index is 1.58. The normalized spacial score (nSPS) is 24.3. The lowest BCUT2D eigenvalue weighted by molar-refractivity contribution is 0.0917. The molecule has 1 amide bonds. The molecule has 1 saturated carbocycles. The van der Waals surface area contributed by atoms with Crippen molar-refractivity contribution in [3.8, 4) is 5.75 Å². The summed E-state index contributed by atoms with van der Waals surface area (Å²) in [5, 5.41) is 3.35. The molecule has 2 aromatic carbocycles. The summed E-state index contributed by atoms with van der Waals surface area (Å²) in [6.45, 7) is 0.445. The average Bonchev–Trinajstić information content (AvgIpc) is 3.29. The molecule has 2 aliphatic rings. The summed E-state index contributed by atoms with van der Waals surface area (Å²) >= 11 is 6.04. The summed E-state index contributed by atoms with van der Waals surface area (Å²) in [6.07, 6.45) is 1.52. The lowest BCUT2D eigenvalue weighted by atomic mass is 10.1. The zero-order valence-corrected chi connectivity index (χ0v) is 16.9. The Morgan fingerprint density at radius 1 is 1.18 bits per heavy atom. The zero-order valence-electron chi connectivity index (χ0n) is 15.3. The highest BCUT2D eigenvalue weighted by Gasteiger charge is 2.50. The predicted molar refractivity (Wildman–Crippen MR) is 106 cm³/mol. The molecular weight excluding hydrogens is 400 g/mol. The number of nitrogens with zero attached hydrogens (tertiary/aromatic N) is 1. The first-order chi connectivity index (χ1) is 13.4. The van der Waals surface area contributed by atoms with E-state index in [1.165, 1.54) is 17.5 Å². The van der Waals surface area contributed by atoms with Gasteiger partial charge >= 0.3 is 0 Å². The molecule has 3 atom stereocenters. The second-order valence-corrected chi connectivity index (χ2v) is 9.52. The van der Waals surface area contributed by atoms with Gasteiger partial charge in [-0.1, -0.05) is 29.8 Å². The van der Waals surface area contributed by atoms with Crippen LogP contribution in [0.25, 0.3) is 0 Å². The number of halogens is 1. The first-order valence-corrected chi connectivity index (χ1v) is 10.9. The van der Waals surface area contributed by atoms with E-state index >= 15 is 0 Å². The molecule has 0 radical (unpaired) electrons. The molecule has 6 nitrogen and oxygen atoms in total. The molecule has 2 aromatic rings. The number of carbonyl (C=O) groups is 1. The molecule has 8 heteroatoms. The molecule has 1 aliphatic heterocycles. The summed E-state index contributed by atoms with van der Waals surface area (Å²) in [5.74, 6) is 0.305. The smallest absolute Gasteiger partial charge is 0.251 e. The Morgan fingerprint density at radius 2 is 1.93 bits per heavy atom. The van der Waals surface area contributed by atoms with Crippen LogP contribution in [0.3, 0.4) is 0 Å². The third-order valence-corrected chi connectivity index (χ3v) is 7.65. The first-order valence-electron chi connectivity index (χ1n) is 9.11. The van der Waals surface area contributed by atoms with Crippen LogP contribution >= 0.6 is 11.6 Å². The van der Waals surface area contributed by atoms with Crippen LogP contribution in [0.5, 0.6) is 5.75 Å². The maximum absolute atomic E-state index is 13.3. The summed E-state index contributed by atoms with van der Waals surface area (Å²) in [5.41, 5.74) is 0.566. The number of nitrogens with one attached hydrogen (secondary N) is 1. The van der Waals surface area contributed by atoms with Gasteiger partial charge in [0.2, 0.25) is 10.0 Å². The van der Waals surface area contributed by atoms with Crippen LogP contribution in [0.1, 0.15) is 23.2 Å². The minimum Gasteiger partial charge on any atom is -0.495 e. The van der Waals surface area contributed by atoms with Crippen molar-refractivity contribution in [2.24, 2.45) is 5.92 Å². The number of amides is 1. The number of sulfonamides is 1. The maximum atomic E-state index is 13.3. The fourth-order valence-corrected chi connectivity index (χ4v) is 6.39. The van der Waals surface area contributed by atoms with Gasteiger partial charge in [-0.3, -0.25) is 4.79 Å². The van der Waals surface area contributed by atoms with Crippen molar-refractivity contribution in [3.05, 3.63) is 59.1 Å². The molecule has 2 bridgehead atoms. The molecule has 148 valence electrons. The zero-order chi connectivity index (χ0) is 19.9. The number of methoxy groups -OCH3 is 1. The van der Waals surface area contributed by atoms with E-state index < -0.39 is 10.0 Å². The third kappa shape index (κ3) is 3.38. The molecule has 0 aromatic heterocycles. The minimum atomic E-state index is -3.80. The van der Waals surface area contributed by atoms with Gasteiger partial charge in [-0.25, -0.2) is 8.42 Å². The molecule has 4 rings (SSSR count). The molecule has 28 heavy (non-hydrogen) atoms. The molecular formula is C20H21ClN2O4S. The Kier molecular flexibility index (Phi) is 5.07. The number of carbonyl (C=O) groups excluding carboxylic acids is 1. The fourth-order valence-electron chi connectivity index (χ4n) is 4.23. The summed E-state index contributed by atoms with van der Waals surface area (Å²) in [6, 6.07) is 13.0. The van der Waals surface area contributed by atoms with Crippen LogP contribution in [0.15, 0.2) is 53.4 Å². The van der Waals surface area contributed by atoms with Gasteiger partial charge in [0.1, 0.15) is 10.6 Å². The molecule has 1 aliphatic carbocycles. The Morgan fingerprint density at radius 3 is 2.61 bits per heavy atom. The van der Waals surface area contributed by atoms with Gasteiger partial charge in [0.05, 0.1) is 7.11 Å². The van der Waals surface area contributed by atoms with Crippen LogP contribution in [0, 0.1) is 5.92 Å². The second kappa shape index (κ2) is 7.39. The van der Waals surface area contributed by atoms with Crippen LogP contribution in [-0.2, 0) is 10.0 Å². The highest BCUT2D eigenvalue weighted by Crippen LogP contribution is 2.42. The number of hydrogen-bond acceptors (Lipinski definition) is 4. The van der Waals surface area contributed by atoms with Gasteiger partial charge in [0, 0.05) is 29.2 Å². The highest BCUT2D eigenvalue weighted by atomic mass is 35.5. The Hall–Kier alpha value is -2.09. The van der Waals surface area contributed by atoms with E-state index in [1.54, 1.807) is 36.4 Å². The van der Waals surface area contributed by atoms with Gasteiger partial charge in [0.25, 0.3) is 5.91 Å². The number of benzene rings is 2. The van der Waals surface area contributed by atoms with Crippen LogP contribution < -0.4 is 10.1 Å². The Bertz CT molecular complexity index is 997. The van der Waals surface area contributed by atoms with E-state index in [-0.39, 0.29) is 34.6 Å².